The minimum absolute atomic E-state index is 0.0157. The largest absolute Gasteiger partial charge is 0.417 e. The van der Waals surface area contributed by atoms with E-state index in [1.165, 1.54) is 16.6 Å². The lowest BCUT2D eigenvalue weighted by Gasteiger charge is -2.13. The van der Waals surface area contributed by atoms with E-state index in [9.17, 15) is 21.6 Å². The van der Waals surface area contributed by atoms with E-state index in [2.05, 4.69) is 14.8 Å². The van der Waals surface area contributed by atoms with Gasteiger partial charge in [-0.3, -0.25) is 9.71 Å². The number of hydrogen-bond donors (Lipinski definition) is 1. The number of sulfonamides is 1. The lowest BCUT2D eigenvalue weighted by atomic mass is 10.2. The van der Waals surface area contributed by atoms with Crippen LogP contribution in [0.3, 0.4) is 0 Å². The zero-order valence-electron chi connectivity index (χ0n) is 15.2. The Morgan fingerprint density at radius 3 is 2.42 bits per heavy atom. The molecule has 3 aromatic heterocycles. The molecule has 0 fully saturated rings. The summed E-state index contributed by atoms with van der Waals surface area (Å²) in [6.45, 7) is 0. The molecular weight excluding hydrogens is 476 g/mol. The highest BCUT2D eigenvalue weighted by atomic mass is 35.5. The molecular formula is C19H11Cl2F3N4O2S. The van der Waals surface area contributed by atoms with Crippen LogP contribution in [0.25, 0.3) is 16.8 Å². The summed E-state index contributed by atoms with van der Waals surface area (Å²) in [7, 11) is -4.40. The van der Waals surface area contributed by atoms with Gasteiger partial charge in [0.2, 0.25) is 0 Å². The first-order chi connectivity index (χ1) is 14.6. The van der Waals surface area contributed by atoms with Gasteiger partial charge in [0.1, 0.15) is 5.82 Å². The van der Waals surface area contributed by atoms with E-state index in [-0.39, 0.29) is 5.82 Å². The molecule has 0 radical (unpaired) electrons. The molecule has 0 spiro atoms. The lowest BCUT2D eigenvalue weighted by molar-refractivity contribution is -0.137. The number of benzene rings is 1. The average Bonchev–Trinajstić information content (AvgIpc) is 3.17. The Morgan fingerprint density at radius 1 is 1.00 bits per heavy atom. The first-order valence-electron chi connectivity index (χ1n) is 8.54. The van der Waals surface area contributed by atoms with E-state index in [1.807, 2.05) is 0 Å². The molecule has 0 saturated carbocycles. The second-order valence-corrected chi connectivity index (χ2v) is 8.88. The molecule has 160 valence electrons. The normalized spacial score (nSPS) is 12.3. The van der Waals surface area contributed by atoms with E-state index in [0.29, 0.717) is 27.9 Å². The molecule has 0 unspecified atom stereocenters. The quantitative estimate of drug-likeness (QED) is 0.411. The summed E-state index contributed by atoms with van der Waals surface area (Å²) in [5.74, 6) is -0.0157. The number of nitrogens with one attached hydrogen (secondary N) is 1. The summed E-state index contributed by atoms with van der Waals surface area (Å²) >= 11 is 11.8. The molecule has 1 N–H and O–H groups in total. The zero-order chi connectivity index (χ0) is 22.4. The van der Waals surface area contributed by atoms with Crippen molar-refractivity contribution in [2.24, 2.45) is 0 Å². The minimum atomic E-state index is -4.81. The predicted octanol–water partition coefficient (Wildman–Crippen LogP) is 5.52. The number of fused-ring (bicyclic) bond motifs is 1. The Balaban J connectivity index is 1.78. The summed E-state index contributed by atoms with van der Waals surface area (Å²) in [5.41, 5.74) is 0.292. The molecule has 0 aliphatic carbocycles. The van der Waals surface area contributed by atoms with E-state index in [1.54, 1.807) is 30.6 Å². The SMILES string of the molecule is O=S(=O)(Nc1ccc(Cl)c2cc(-c3cccnc3)nn12)c1ccc(Cl)c(C(F)(F)F)c1. The van der Waals surface area contributed by atoms with Crippen LogP contribution in [0.2, 0.25) is 10.0 Å². The van der Waals surface area contributed by atoms with Gasteiger partial charge in [-0.1, -0.05) is 23.2 Å². The molecule has 4 rings (SSSR count). The highest BCUT2D eigenvalue weighted by Crippen LogP contribution is 2.36. The van der Waals surface area contributed by atoms with E-state index in [0.717, 1.165) is 12.1 Å². The Hall–Kier alpha value is -2.82. The molecule has 3 heterocycles. The highest BCUT2D eigenvalue weighted by Gasteiger charge is 2.34. The first kappa shape index (κ1) is 21.4. The van der Waals surface area contributed by atoms with Crippen LogP contribution in [0.5, 0.6) is 0 Å². The molecule has 31 heavy (non-hydrogen) atoms. The summed E-state index contributed by atoms with van der Waals surface area (Å²) in [6.07, 6.45) is -1.64. The molecule has 0 aliphatic heterocycles. The number of alkyl halides is 3. The van der Waals surface area contributed by atoms with Crippen molar-refractivity contribution in [1.82, 2.24) is 14.6 Å². The summed E-state index contributed by atoms with van der Waals surface area (Å²) in [5, 5.41) is 4.06. The van der Waals surface area contributed by atoms with Crippen molar-refractivity contribution in [2.45, 2.75) is 11.1 Å². The van der Waals surface area contributed by atoms with Gasteiger partial charge in [-0.25, -0.2) is 12.9 Å². The number of halogens is 5. The third-order valence-electron chi connectivity index (χ3n) is 4.32. The van der Waals surface area contributed by atoms with Gasteiger partial charge in [0.05, 0.1) is 31.7 Å². The monoisotopic (exact) mass is 486 g/mol. The molecule has 6 nitrogen and oxygen atoms in total. The van der Waals surface area contributed by atoms with Gasteiger partial charge in [-0.15, -0.1) is 0 Å². The summed E-state index contributed by atoms with van der Waals surface area (Å²) < 4.78 is 68.5. The molecule has 0 aliphatic rings. The number of rotatable bonds is 4. The number of nitrogens with zero attached hydrogens (tertiary/aromatic N) is 3. The number of hydrogen-bond acceptors (Lipinski definition) is 4. The van der Waals surface area contributed by atoms with Gasteiger partial charge >= 0.3 is 6.18 Å². The van der Waals surface area contributed by atoms with Gasteiger partial charge in [-0.2, -0.15) is 18.3 Å². The second-order valence-electron chi connectivity index (χ2n) is 6.38. The van der Waals surface area contributed by atoms with Crippen LogP contribution in [-0.4, -0.2) is 23.0 Å². The molecule has 0 atom stereocenters. The predicted molar refractivity (Wildman–Crippen MR) is 111 cm³/mol. The van der Waals surface area contributed by atoms with Crippen molar-refractivity contribution < 1.29 is 21.6 Å². The van der Waals surface area contributed by atoms with Crippen LogP contribution in [0.1, 0.15) is 5.56 Å². The van der Waals surface area contributed by atoms with E-state index < -0.39 is 31.7 Å². The summed E-state index contributed by atoms with van der Waals surface area (Å²) in [4.78, 5) is 3.41. The third-order valence-corrected chi connectivity index (χ3v) is 6.32. The van der Waals surface area contributed by atoms with E-state index >= 15 is 0 Å². The van der Waals surface area contributed by atoms with Crippen molar-refractivity contribution in [3.05, 3.63) is 76.5 Å². The fourth-order valence-corrected chi connectivity index (χ4v) is 4.35. The fraction of sp³-hybridized carbons (Fsp3) is 0.0526. The molecule has 4 aromatic rings. The van der Waals surface area contributed by atoms with Crippen molar-refractivity contribution in [2.75, 3.05) is 4.72 Å². The maximum Gasteiger partial charge on any atom is 0.417 e. The number of aromatic nitrogens is 3. The fourth-order valence-electron chi connectivity index (χ4n) is 2.86. The maximum atomic E-state index is 13.1. The van der Waals surface area contributed by atoms with Crippen LogP contribution >= 0.6 is 23.2 Å². The Kier molecular flexibility index (Phi) is 5.32. The van der Waals surface area contributed by atoms with Crippen LogP contribution in [-0.2, 0) is 16.2 Å². The van der Waals surface area contributed by atoms with E-state index in [4.69, 9.17) is 23.2 Å². The van der Waals surface area contributed by atoms with Crippen molar-refractivity contribution in [3.63, 3.8) is 0 Å². The standard InChI is InChI=1S/C19H11Cl2F3N4O2S/c20-14-4-3-12(8-13(14)19(22,23)24)31(29,30)27-18-6-5-15(21)17-9-16(26-28(17)18)11-2-1-7-25-10-11/h1-10,27H. The second kappa shape index (κ2) is 7.70. The maximum absolute atomic E-state index is 13.1. The van der Waals surface area contributed by atoms with Crippen LogP contribution in [0, 0.1) is 0 Å². The van der Waals surface area contributed by atoms with Gasteiger partial charge in [0.25, 0.3) is 10.0 Å². The number of pyridine rings is 2. The Labute approximate surface area is 184 Å². The van der Waals surface area contributed by atoms with Gasteiger partial charge in [-0.05, 0) is 48.5 Å². The topological polar surface area (TPSA) is 76.4 Å². The first-order valence-corrected chi connectivity index (χ1v) is 10.8. The molecule has 0 saturated heterocycles. The van der Waals surface area contributed by atoms with Crippen molar-refractivity contribution >= 4 is 44.6 Å². The Morgan fingerprint density at radius 2 is 1.74 bits per heavy atom. The van der Waals surface area contributed by atoms with Crippen LogP contribution in [0.4, 0.5) is 19.0 Å². The minimum Gasteiger partial charge on any atom is -0.264 e. The molecule has 12 heteroatoms. The lowest BCUT2D eigenvalue weighted by Crippen LogP contribution is -2.17. The van der Waals surface area contributed by atoms with Gasteiger partial charge < -0.3 is 0 Å². The van der Waals surface area contributed by atoms with Crippen LogP contribution in [0.15, 0.2) is 65.8 Å². The summed E-state index contributed by atoms with van der Waals surface area (Å²) in [6, 6.07) is 10.3. The van der Waals surface area contributed by atoms with Gasteiger partial charge in [0.15, 0.2) is 0 Å². The molecule has 0 bridgehead atoms. The van der Waals surface area contributed by atoms with Crippen molar-refractivity contribution in [1.29, 1.82) is 0 Å². The molecule has 1 aromatic carbocycles. The van der Waals surface area contributed by atoms with Crippen LogP contribution < -0.4 is 4.72 Å². The highest BCUT2D eigenvalue weighted by molar-refractivity contribution is 7.92. The Bertz CT molecular complexity index is 1390. The van der Waals surface area contributed by atoms with Crippen molar-refractivity contribution in [3.8, 4) is 11.3 Å². The van der Waals surface area contributed by atoms with Gasteiger partial charge in [0, 0.05) is 18.0 Å². The third kappa shape index (κ3) is 4.18. The number of anilines is 1. The molecule has 0 amide bonds. The average molecular weight is 487 g/mol. The zero-order valence-corrected chi connectivity index (χ0v) is 17.6. The smallest absolute Gasteiger partial charge is 0.264 e.